The third kappa shape index (κ3) is 3.72. The lowest BCUT2D eigenvalue weighted by Gasteiger charge is -2.17. The number of unbranched alkanes of at least 4 members (excludes halogenated alkanes) is 2. The zero-order valence-electron chi connectivity index (χ0n) is 11.4. The van der Waals surface area contributed by atoms with Gasteiger partial charge in [0.2, 0.25) is 5.82 Å². The molecule has 20 heavy (non-hydrogen) atoms. The molecule has 110 valence electrons. The van der Waals surface area contributed by atoms with Crippen LogP contribution in [0.25, 0.3) is 0 Å². The van der Waals surface area contributed by atoms with Crippen LogP contribution in [-0.2, 0) is 0 Å². The molecule has 0 atom stereocenters. The molecule has 0 heterocycles. The summed E-state index contributed by atoms with van der Waals surface area (Å²) in [5.41, 5.74) is -1.65. The molecule has 7 heteroatoms. The molecule has 1 aromatic carbocycles. The first-order valence-electron chi connectivity index (χ1n) is 6.27. The normalized spacial score (nSPS) is 10.4. The SMILES string of the molecule is CCCCCN(C)C(=O)c1cc(F)cc([N+](=O)[O-])c1F. The van der Waals surface area contributed by atoms with Crippen LogP contribution in [0.5, 0.6) is 0 Å². The fraction of sp³-hybridized carbons (Fsp3) is 0.462. The smallest absolute Gasteiger partial charge is 0.308 e. The van der Waals surface area contributed by atoms with E-state index in [2.05, 4.69) is 0 Å². The molecule has 0 saturated heterocycles. The van der Waals surface area contributed by atoms with Crippen molar-refractivity contribution in [2.45, 2.75) is 26.2 Å². The van der Waals surface area contributed by atoms with Crippen molar-refractivity contribution in [3.05, 3.63) is 39.4 Å². The molecule has 5 nitrogen and oxygen atoms in total. The molecule has 1 amide bonds. The van der Waals surface area contributed by atoms with E-state index in [-0.39, 0.29) is 0 Å². The number of rotatable bonds is 6. The van der Waals surface area contributed by atoms with Gasteiger partial charge in [-0.25, -0.2) is 4.39 Å². The van der Waals surface area contributed by atoms with Crippen molar-refractivity contribution in [3.63, 3.8) is 0 Å². The Kier molecular flexibility index (Phi) is 5.54. The Labute approximate surface area is 115 Å². The molecule has 0 N–H and O–H groups in total. The second-order valence-corrected chi connectivity index (χ2v) is 4.48. The number of nitro groups is 1. The Morgan fingerprint density at radius 1 is 1.35 bits per heavy atom. The number of hydrogen-bond acceptors (Lipinski definition) is 3. The molecule has 0 aliphatic heterocycles. The number of hydrogen-bond donors (Lipinski definition) is 0. The van der Waals surface area contributed by atoms with Gasteiger partial charge < -0.3 is 4.90 Å². The minimum atomic E-state index is -1.30. The summed E-state index contributed by atoms with van der Waals surface area (Å²) in [5.74, 6) is -3.08. The van der Waals surface area contributed by atoms with E-state index in [1.54, 1.807) is 0 Å². The van der Waals surface area contributed by atoms with E-state index >= 15 is 0 Å². The lowest BCUT2D eigenvalue weighted by atomic mass is 10.1. The summed E-state index contributed by atoms with van der Waals surface area (Å²) >= 11 is 0. The fourth-order valence-electron chi connectivity index (χ4n) is 1.77. The average Bonchev–Trinajstić information content (AvgIpc) is 2.40. The number of amides is 1. The summed E-state index contributed by atoms with van der Waals surface area (Å²) in [5, 5.41) is 10.6. The van der Waals surface area contributed by atoms with Crippen LogP contribution in [0.2, 0.25) is 0 Å². The maximum Gasteiger partial charge on any atom is 0.308 e. The van der Waals surface area contributed by atoms with Crippen LogP contribution in [0, 0.1) is 21.7 Å². The zero-order valence-corrected chi connectivity index (χ0v) is 11.4. The quantitative estimate of drug-likeness (QED) is 0.458. The highest BCUT2D eigenvalue weighted by Crippen LogP contribution is 2.23. The van der Waals surface area contributed by atoms with Crippen LogP contribution in [0.4, 0.5) is 14.5 Å². The van der Waals surface area contributed by atoms with Crippen molar-refractivity contribution in [1.29, 1.82) is 0 Å². The van der Waals surface area contributed by atoms with E-state index in [9.17, 15) is 23.7 Å². The van der Waals surface area contributed by atoms with Crippen molar-refractivity contribution in [2.75, 3.05) is 13.6 Å². The van der Waals surface area contributed by atoms with E-state index in [0.29, 0.717) is 18.7 Å². The highest BCUT2D eigenvalue weighted by atomic mass is 19.1. The van der Waals surface area contributed by atoms with Gasteiger partial charge >= 0.3 is 5.69 Å². The summed E-state index contributed by atoms with van der Waals surface area (Å²) < 4.78 is 27.1. The largest absolute Gasteiger partial charge is 0.342 e. The lowest BCUT2D eigenvalue weighted by Crippen LogP contribution is -2.28. The third-order valence-corrected chi connectivity index (χ3v) is 2.89. The predicted molar refractivity (Wildman–Crippen MR) is 69.5 cm³/mol. The van der Waals surface area contributed by atoms with E-state index in [1.165, 1.54) is 11.9 Å². The number of carbonyl (C=O) groups is 1. The van der Waals surface area contributed by atoms with Crippen LogP contribution in [0.1, 0.15) is 36.5 Å². The van der Waals surface area contributed by atoms with Crippen LogP contribution >= 0.6 is 0 Å². The average molecular weight is 286 g/mol. The number of nitrogens with zero attached hydrogens (tertiary/aromatic N) is 2. The summed E-state index contributed by atoms with van der Waals surface area (Å²) in [6.07, 6.45) is 2.60. The zero-order chi connectivity index (χ0) is 15.3. The van der Waals surface area contributed by atoms with Gasteiger partial charge in [-0.1, -0.05) is 19.8 Å². The van der Waals surface area contributed by atoms with E-state index < -0.39 is 33.7 Å². The van der Waals surface area contributed by atoms with Gasteiger partial charge in [0.25, 0.3) is 5.91 Å². The highest BCUT2D eigenvalue weighted by Gasteiger charge is 2.25. The predicted octanol–water partition coefficient (Wildman–Crippen LogP) is 3.14. The van der Waals surface area contributed by atoms with Gasteiger partial charge in [-0.15, -0.1) is 0 Å². The molecule has 0 radical (unpaired) electrons. The van der Waals surface area contributed by atoms with Crippen LogP contribution in [0.3, 0.4) is 0 Å². The molecule has 0 bridgehead atoms. The first kappa shape index (κ1) is 16.0. The lowest BCUT2D eigenvalue weighted by molar-refractivity contribution is -0.387. The van der Waals surface area contributed by atoms with Crippen molar-refractivity contribution < 1.29 is 18.5 Å². The summed E-state index contributed by atoms with van der Waals surface area (Å²) in [6, 6.07) is 1.14. The second kappa shape index (κ2) is 6.93. The van der Waals surface area contributed by atoms with Crippen molar-refractivity contribution in [1.82, 2.24) is 4.90 Å². The molecule has 0 aliphatic rings. The molecule has 0 spiro atoms. The molecular weight excluding hydrogens is 270 g/mol. The van der Waals surface area contributed by atoms with Gasteiger partial charge in [-0.3, -0.25) is 14.9 Å². The van der Waals surface area contributed by atoms with Crippen molar-refractivity contribution >= 4 is 11.6 Å². The summed E-state index contributed by atoms with van der Waals surface area (Å²) in [6.45, 7) is 2.38. The second-order valence-electron chi connectivity index (χ2n) is 4.48. The Balaban J connectivity index is 3.01. The summed E-state index contributed by atoms with van der Waals surface area (Å²) in [7, 11) is 1.45. The van der Waals surface area contributed by atoms with Gasteiger partial charge in [0, 0.05) is 13.6 Å². The number of carbonyl (C=O) groups excluding carboxylic acids is 1. The molecule has 1 rings (SSSR count). The van der Waals surface area contributed by atoms with Crippen LogP contribution in [-0.4, -0.2) is 29.3 Å². The summed E-state index contributed by atoms with van der Waals surface area (Å²) in [4.78, 5) is 22.8. The van der Waals surface area contributed by atoms with Crippen LogP contribution in [0.15, 0.2) is 12.1 Å². The molecule has 0 aromatic heterocycles. The monoisotopic (exact) mass is 286 g/mol. The van der Waals surface area contributed by atoms with E-state index in [1.807, 2.05) is 6.92 Å². The number of halogens is 2. The van der Waals surface area contributed by atoms with Gasteiger partial charge in [0.15, 0.2) is 0 Å². The maximum atomic E-state index is 13.8. The van der Waals surface area contributed by atoms with Gasteiger partial charge in [-0.2, -0.15) is 4.39 Å². The Morgan fingerprint density at radius 3 is 2.55 bits per heavy atom. The third-order valence-electron chi connectivity index (χ3n) is 2.89. The topological polar surface area (TPSA) is 63.5 Å². The van der Waals surface area contributed by atoms with Gasteiger partial charge in [0.05, 0.1) is 16.6 Å². The Morgan fingerprint density at radius 2 is 2.00 bits per heavy atom. The Hall–Kier alpha value is -2.05. The van der Waals surface area contributed by atoms with Crippen molar-refractivity contribution in [2.24, 2.45) is 0 Å². The van der Waals surface area contributed by atoms with Crippen molar-refractivity contribution in [3.8, 4) is 0 Å². The minimum absolute atomic E-state index is 0.385. The fourth-order valence-corrected chi connectivity index (χ4v) is 1.77. The standard InChI is InChI=1S/C13H16F2N2O3/c1-3-4-5-6-16(2)13(18)10-7-9(14)8-11(12(10)15)17(19)20/h7-8H,3-6H2,1-2H3. The molecule has 0 unspecified atom stereocenters. The number of benzene rings is 1. The highest BCUT2D eigenvalue weighted by molar-refractivity contribution is 5.95. The molecule has 1 aromatic rings. The molecule has 0 aliphatic carbocycles. The van der Waals surface area contributed by atoms with Gasteiger partial charge in [-0.05, 0) is 12.5 Å². The van der Waals surface area contributed by atoms with E-state index in [0.717, 1.165) is 19.3 Å². The Bertz CT molecular complexity index is 521. The minimum Gasteiger partial charge on any atom is -0.342 e. The first-order valence-corrected chi connectivity index (χ1v) is 6.27. The maximum absolute atomic E-state index is 13.8. The first-order chi connectivity index (χ1) is 9.38. The molecule has 0 saturated carbocycles. The van der Waals surface area contributed by atoms with Gasteiger partial charge in [0.1, 0.15) is 5.82 Å². The molecular formula is C13H16F2N2O3. The number of nitro benzene ring substituents is 1. The van der Waals surface area contributed by atoms with E-state index in [4.69, 9.17) is 0 Å². The molecule has 0 fully saturated rings. The van der Waals surface area contributed by atoms with Crippen LogP contribution < -0.4 is 0 Å².